The number of hydrogen-bond acceptors (Lipinski definition) is 4. The minimum absolute atomic E-state index is 0.0157. The van der Waals surface area contributed by atoms with E-state index in [2.05, 4.69) is 0 Å². The van der Waals surface area contributed by atoms with Gasteiger partial charge in [-0.2, -0.15) is 0 Å². The predicted octanol–water partition coefficient (Wildman–Crippen LogP) is 1.51. The van der Waals surface area contributed by atoms with Crippen LogP contribution in [0.25, 0.3) is 0 Å². The molecule has 0 atom stereocenters. The zero-order chi connectivity index (χ0) is 13.9. The van der Waals surface area contributed by atoms with Crippen molar-refractivity contribution in [2.75, 3.05) is 30.5 Å². The van der Waals surface area contributed by atoms with Crippen LogP contribution in [0.1, 0.15) is 17.3 Å². The molecule has 0 saturated heterocycles. The van der Waals surface area contributed by atoms with Crippen LogP contribution < -0.4 is 4.90 Å². The fourth-order valence-electron chi connectivity index (χ4n) is 1.55. The number of halogens is 1. The second kappa shape index (κ2) is 5.48. The van der Waals surface area contributed by atoms with Crippen LogP contribution in [0.3, 0.4) is 0 Å². The quantitative estimate of drug-likeness (QED) is 0.763. The van der Waals surface area contributed by atoms with Crippen molar-refractivity contribution in [1.29, 1.82) is 0 Å². The number of hydrogen-bond donors (Lipinski definition) is 0. The highest BCUT2D eigenvalue weighted by Crippen LogP contribution is 2.21. The SMILES string of the molecule is CC(=O)c1cc(F)ccc1N(C)CCS(C)(=O)=O. The number of nitrogens with zero attached hydrogens (tertiary/aromatic N) is 1. The zero-order valence-corrected chi connectivity index (χ0v) is 11.4. The lowest BCUT2D eigenvalue weighted by Crippen LogP contribution is -2.26. The summed E-state index contributed by atoms with van der Waals surface area (Å²) in [6.07, 6.45) is 1.15. The fraction of sp³-hybridized carbons (Fsp3) is 0.417. The average molecular weight is 273 g/mol. The molecule has 0 amide bonds. The Labute approximate surface area is 106 Å². The van der Waals surface area contributed by atoms with E-state index in [9.17, 15) is 17.6 Å². The highest BCUT2D eigenvalue weighted by atomic mass is 32.2. The Morgan fingerprint density at radius 2 is 2.00 bits per heavy atom. The van der Waals surface area contributed by atoms with Gasteiger partial charge in [-0.3, -0.25) is 4.79 Å². The molecular weight excluding hydrogens is 257 g/mol. The van der Waals surface area contributed by atoms with Crippen LogP contribution in [-0.4, -0.2) is 39.8 Å². The molecule has 0 aromatic heterocycles. The van der Waals surface area contributed by atoms with Crippen molar-refractivity contribution >= 4 is 21.3 Å². The van der Waals surface area contributed by atoms with Gasteiger partial charge in [-0.25, -0.2) is 12.8 Å². The lowest BCUT2D eigenvalue weighted by Gasteiger charge is -2.21. The van der Waals surface area contributed by atoms with E-state index in [4.69, 9.17) is 0 Å². The van der Waals surface area contributed by atoms with Crippen molar-refractivity contribution in [2.24, 2.45) is 0 Å². The van der Waals surface area contributed by atoms with E-state index in [-0.39, 0.29) is 23.6 Å². The van der Waals surface area contributed by atoms with Gasteiger partial charge in [0.15, 0.2) is 5.78 Å². The van der Waals surface area contributed by atoms with Crippen molar-refractivity contribution in [3.8, 4) is 0 Å². The van der Waals surface area contributed by atoms with Gasteiger partial charge in [-0.05, 0) is 25.1 Å². The lowest BCUT2D eigenvalue weighted by molar-refractivity contribution is 0.101. The van der Waals surface area contributed by atoms with Crippen molar-refractivity contribution in [3.05, 3.63) is 29.6 Å². The number of carbonyl (C=O) groups is 1. The largest absolute Gasteiger partial charge is 0.373 e. The standard InChI is InChI=1S/C12H16FNO3S/c1-9(15)11-8-10(13)4-5-12(11)14(2)6-7-18(3,16)17/h4-5,8H,6-7H2,1-3H3. The molecule has 0 saturated carbocycles. The molecule has 0 bridgehead atoms. The number of benzene rings is 1. The van der Waals surface area contributed by atoms with Crippen LogP contribution in [-0.2, 0) is 9.84 Å². The Bertz CT molecular complexity index is 554. The minimum Gasteiger partial charge on any atom is -0.373 e. The molecule has 0 fully saturated rings. The summed E-state index contributed by atoms with van der Waals surface area (Å²) < 4.78 is 35.3. The topological polar surface area (TPSA) is 54.5 Å². The summed E-state index contributed by atoms with van der Waals surface area (Å²) in [5.41, 5.74) is 0.790. The van der Waals surface area contributed by atoms with E-state index in [0.717, 1.165) is 12.3 Å². The third-order valence-electron chi connectivity index (χ3n) is 2.55. The van der Waals surface area contributed by atoms with Gasteiger partial charge in [-0.15, -0.1) is 0 Å². The second-order valence-electron chi connectivity index (χ2n) is 4.27. The molecule has 0 unspecified atom stereocenters. The molecule has 18 heavy (non-hydrogen) atoms. The molecule has 0 heterocycles. The molecular formula is C12H16FNO3S. The van der Waals surface area contributed by atoms with Gasteiger partial charge in [-0.1, -0.05) is 0 Å². The summed E-state index contributed by atoms with van der Waals surface area (Å²) in [5, 5.41) is 0. The van der Waals surface area contributed by atoms with E-state index < -0.39 is 15.7 Å². The Balaban J connectivity index is 2.98. The molecule has 4 nitrogen and oxygen atoms in total. The smallest absolute Gasteiger partial charge is 0.161 e. The van der Waals surface area contributed by atoms with Crippen molar-refractivity contribution < 1.29 is 17.6 Å². The molecule has 0 aliphatic carbocycles. The summed E-state index contributed by atoms with van der Waals surface area (Å²) >= 11 is 0. The van der Waals surface area contributed by atoms with Crippen LogP contribution in [0.5, 0.6) is 0 Å². The maximum absolute atomic E-state index is 13.1. The molecule has 0 aliphatic rings. The maximum atomic E-state index is 13.1. The van der Waals surface area contributed by atoms with Gasteiger partial charge in [0.25, 0.3) is 0 Å². The zero-order valence-electron chi connectivity index (χ0n) is 10.6. The van der Waals surface area contributed by atoms with Crippen LogP contribution in [0, 0.1) is 5.82 Å². The number of carbonyl (C=O) groups excluding carboxylic acids is 1. The van der Waals surface area contributed by atoms with Crippen molar-refractivity contribution in [2.45, 2.75) is 6.92 Å². The van der Waals surface area contributed by atoms with Crippen LogP contribution in [0.4, 0.5) is 10.1 Å². The highest BCUT2D eigenvalue weighted by molar-refractivity contribution is 7.90. The van der Waals surface area contributed by atoms with E-state index >= 15 is 0 Å². The third-order valence-corrected chi connectivity index (χ3v) is 3.47. The maximum Gasteiger partial charge on any atom is 0.161 e. The summed E-state index contributed by atoms with van der Waals surface area (Å²) in [6, 6.07) is 3.89. The lowest BCUT2D eigenvalue weighted by atomic mass is 10.1. The van der Waals surface area contributed by atoms with Crippen LogP contribution in [0.15, 0.2) is 18.2 Å². The van der Waals surface area contributed by atoms with Crippen molar-refractivity contribution in [3.63, 3.8) is 0 Å². The first-order valence-electron chi connectivity index (χ1n) is 5.40. The van der Waals surface area contributed by atoms with Crippen LogP contribution in [0.2, 0.25) is 0 Å². The first-order chi connectivity index (χ1) is 8.20. The Morgan fingerprint density at radius 3 is 2.50 bits per heavy atom. The monoisotopic (exact) mass is 273 g/mol. The van der Waals surface area contributed by atoms with Gasteiger partial charge in [0.1, 0.15) is 15.7 Å². The first-order valence-corrected chi connectivity index (χ1v) is 7.46. The first kappa shape index (κ1) is 14.6. The number of sulfone groups is 1. The molecule has 0 radical (unpaired) electrons. The molecule has 1 rings (SSSR count). The summed E-state index contributed by atoms with van der Waals surface area (Å²) in [5.74, 6) is -0.755. The third kappa shape index (κ3) is 4.10. The number of anilines is 1. The number of Topliss-reactive ketones (excluding diaryl/α,β-unsaturated/α-hetero) is 1. The number of rotatable bonds is 5. The summed E-state index contributed by atoms with van der Waals surface area (Å²) in [4.78, 5) is 13.0. The molecule has 0 aliphatic heterocycles. The van der Waals surface area contributed by atoms with E-state index in [0.29, 0.717) is 5.69 Å². The fourth-order valence-corrected chi connectivity index (χ4v) is 2.15. The van der Waals surface area contributed by atoms with Gasteiger partial charge < -0.3 is 4.90 Å². The summed E-state index contributed by atoms with van der Waals surface area (Å²) in [7, 11) is -1.40. The Hall–Kier alpha value is -1.43. The van der Waals surface area contributed by atoms with Gasteiger partial charge in [0.2, 0.25) is 0 Å². The van der Waals surface area contributed by atoms with Crippen molar-refractivity contribution in [1.82, 2.24) is 0 Å². The van der Waals surface area contributed by atoms with Gasteiger partial charge in [0, 0.05) is 31.1 Å². The predicted molar refractivity (Wildman–Crippen MR) is 69.4 cm³/mol. The van der Waals surface area contributed by atoms with Gasteiger partial charge >= 0.3 is 0 Å². The minimum atomic E-state index is -3.07. The van der Waals surface area contributed by atoms with E-state index in [1.54, 1.807) is 11.9 Å². The molecule has 1 aromatic rings. The van der Waals surface area contributed by atoms with Crippen LogP contribution >= 0.6 is 0 Å². The summed E-state index contributed by atoms with van der Waals surface area (Å²) in [6.45, 7) is 1.60. The molecule has 6 heteroatoms. The molecule has 0 spiro atoms. The Morgan fingerprint density at radius 1 is 1.39 bits per heavy atom. The molecule has 1 aromatic carbocycles. The average Bonchev–Trinajstić information content (AvgIpc) is 2.24. The Kier molecular flexibility index (Phi) is 4.45. The second-order valence-corrected chi connectivity index (χ2v) is 6.53. The van der Waals surface area contributed by atoms with E-state index in [1.807, 2.05) is 0 Å². The van der Waals surface area contributed by atoms with Gasteiger partial charge in [0.05, 0.1) is 5.75 Å². The van der Waals surface area contributed by atoms with E-state index in [1.165, 1.54) is 19.1 Å². The highest BCUT2D eigenvalue weighted by Gasteiger charge is 2.13. The molecule has 100 valence electrons. The molecule has 0 N–H and O–H groups in total. The number of ketones is 1. The normalized spacial score (nSPS) is 11.3.